The predicted octanol–water partition coefficient (Wildman–Crippen LogP) is 1.64. The van der Waals surface area contributed by atoms with Gasteiger partial charge in [0, 0.05) is 57.0 Å². The zero-order valence-corrected chi connectivity index (χ0v) is 15.2. The van der Waals surface area contributed by atoms with Crippen molar-refractivity contribution in [3.05, 3.63) is 54.6 Å². The number of aromatic nitrogens is 3. The van der Waals surface area contributed by atoms with Crippen molar-refractivity contribution in [2.75, 3.05) is 26.2 Å². The Labute approximate surface area is 161 Å². The number of carbonyl (C=O) groups is 2. The number of rotatable bonds is 5. The summed E-state index contributed by atoms with van der Waals surface area (Å²) in [6.07, 6.45) is 5.44. The lowest BCUT2D eigenvalue weighted by Gasteiger charge is -2.34. The first-order valence-corrected chi connectivity index (χ1v) is 9.04. The third-order valence-corrected chi connectivity index (χ3v) is 4.60. The average Bonchev–Trinajstić information content (AvgIpc) is 3.44. The molecule has 1 aliphatic heterocycles. The number of hydrogen-bond acceptors (Lipinski definition) is 7. The van der Waals surface area contributed by atoms with Gasteiger partial charge in [0.1, 0.15) is 0 Å². The summed E-state index contributed by atoms with van der Waals surface area (Å²) in [6, 6.07) is 6.90. The van der Waals surface area contributed by atoms with Crippen LogP contribution in [0.2, 0.25) is 0 Å². The van der Waals surface area contributed by atoms with Crippen molar-refractivity contribution in [2.45, 2.75) is 12.8 Å². The van der Waals surface area contributed by atoms with Crippen LogP contribution in [0.3, 0.4) is 0 Å². The highest BCUT2D eigenvalue weighted by Crippen LogP contribution is 2.17. The number of carbonyl (C=O) groups excluding carboxylic acids is 2. The molecule has 0 atom stereocenters. The standard InChI is InChI=1S/C19H19N5O4/c25-17(4-3-16-21-22-18(28-16)14-5-7-20-8-6-14)23-9-11-24(12-10-23)19(26)15-2-1-13-27-15/h1-2,5-8,13H,3-4,9-12H2. The monoisotopic (exact) mass is 381 g/mol. The van der Waals surface area contributed by atoms with Crippen LogP contribution in [-0.4, -0.2) is 63.0 Å². The molecule has 9 heteroatoms. The zero-order valence-electron chi connectivity index (χ0n) is 15.2. The molecule has 1 saturated heterocycles. The normalized spacial score (nSPS) is 14.3. The van der Waals surface area contributed by atoms with Crippen LogP contribution in [-0.2, 0) is 11.2 Å². The third kappa shape index (κ3) is 3.93. The molecule has 0 aromatic carbocycles. The van der Waals surface area contributed by atoms with E-state index in [0.29, 0.717) is 50.1 Å². The molecular formula is C19H19N5O4. The SMILES string of the molecule is O=C(CCc1nnc(-c2ccncc2)o1)N1CCN(C(=O)c2ccco2)CC1. The van der Waals surface area contributed by atoms with Crippen molar-refractivity contribution < 1.29 is 18.4 Å². The van der Waals surface area contributed by atoms with E-state index in [1.54, 1.807) is 46.5 Å². The molecule has 9 nitrogen and oxygen atoms in total. The number of hydrogen-bond donors (Lipinski definition) is 0. The maximum absolute atomic E-state index is 12.5. The lowest BCUT2D eigenvalue weighted by atomic mass is 10.2. The second kappa shape index (κ2) is 8.03. The molecule has 0 aliphatic carbocycles. The Morgan fingerprint density at radius 3 is 2.46 bits per heavy atom. The van der Waals surface area contributed by atoms with Gasteiger partial charge in [-0.15, -0.1) is 10.2 Å². The van der Waals surface area contributed by atoms with Crippen LogP contribution >= 0.6 is 0 Å². The van der Waals surface area contributed by atoms with Crippen molar-refractivity contribution in [3.63, 3.8) is 0 Å². The van der Waals surface area contributed by atoms with E-state index in [1.807, 2.05) is 0 Å². The summed E-state index contributed by atoms with van der Waals surface area (Å²) in [5, 5.41) is 8.01. The Morgan fingerprint density at radius 1 is 1.00 bits per heavy atom. The average molecular weight is 381 g/mol. The largest absolute Gasteiger partial charge is 0.459 e. The molecule has 3 aromatic rings. The highest BCUT2D eigenvalue weighted by molar-refractivity contribution is 5.91. The molecule has 4 heterocycles. The van der Waals surface area contributed by atoms with Crippen molar-refractivity contribution in [1.82, 2.24) is 25.0 Å². The van der Waals surface area contributed by atoms with Gasteiger partial charge < -0.3 is 18.6 Å². The van der Waals surface area contributed by atoms with E-state index in [0.717, 1.165) is 5.56 Å². The highest BCUT2D eigenvalue weighted by Gasteiger charge is 2.26. The Kier molecular flexibility index (Phi) is 5.14. The molecule has 0 N–H and O–H groups in total. The minimum Gasteiger partial charge on any atom is -0.459 e. The fraction of sp³-hybridized carbons (Fsp3) is 0.316. The van der Waals surface area contributed by atoms with Crippen molar-refractivity contribution in [1.29, 1.82) is 0 Å². The van der Waals surface area contributed by atoms with E-state index in [1.165, 1.54) is 6.26 Å². The number of piperazine rings is 1. The molecule has 1 aliphatic rings. The predicted molar refractivity (Wildman–Crippen MR) is 97.0 cm³/mol. The molecule has 2 amide bonds. The van der Waals surface area contributed by atoms with Gasteiger partial charge in [0.25, 0.3) is 5.91 Å². The Morgan fingerprint density at radius 2 is 1.75 bits per heavy atom. The Balaban J connectivity index is 1.26. The molecule has 3 aromatic heterocycles. The second-order valence-corrected chi connectivity index (χ2v) is 6.39. The van der Waals surface area contributed by atoms with E-state index >= 15 is 0 Å². The van der Waals surface area contributed by atoms with Crippen LogP contribution in [0.25, 0.3) is 11.5 Å². The molecule has 144 valence electrons. The van der Waals surface area contributed by atoms with Gasteiger partial charge >= 0.3 is 0 Å². The van der Waals surface area contributed by atoms with Crippen LogP contribution in [0.5, 0.6) is 0 Å². The fourth-order valence-corrected chi connectivity index (χ4v) is 3.05. The first-order valence-electron chi connectivity index (χ1n) is 9.04. The van der Waals surface area contributed by atoms with Crippen LogP contribution < -0.4 is 0 Å². The highest BCUT2D eigenvalue weighted by atomic mass is 16.4. The maximum Gasteiger partial charge on any atom is 0.289 e. The maximum atomic E-state index is 12.5. The van der Waals surface area contributed by atoms with Gasteiger partial charge in [0.2, 0.25) is 17.7 Å². The summed E-state index contributed by atoms with van der Waals surface area (Å²) in [7, 11) is 0. The summed E-state index contributed by atoms with van der Waals surface area (Å²) in [5.41, 5.74) is 0.789. The van der Waals surface area contributed by atoms with Crippen LogP contribution in [0.15, 0.2) is 51.8 Å². The minimum absolute atomic E-state index is 0.00811. The van der Waals surface area contributed by atoms with Crippen LogP contribution in [0, 0.1) is 0 Å². The molecule has 0 spiro atoms. The number of furan rings is 1. The smallest absolute Gasteiger partial charge is 0.289 e. The van der Waals surface area contributed by atoms with Gasteiger partial charge in [-0.2, -0.15) is 0 Å². The molecule has 1 fully saturated rings. The summed E-state index contributed by atoms with van der Waals surface area (Å²) < 4.78 is 10.8. The lowest BCUT2D eigenvalue weighted by molar-refractivity contribution is -0.132. The van der Waals surface area contributed by atoms with E-state index in [9.17, 15) is 9.59 Å². The van der Waals surface area contributed by atoms with Crippen molar-refractivity contribution in [3.8, 4) is 11.5 Å². The van der Waals surface area contributed by atoms with Crippen LogP contribution in [0.1, 0.15) is 22.9 Å². The zero-order chi connectivity index (χ0) is 19.3. The van der Waals surface area contributed by atoms with Crippen LogP contribution in [0.4, 0.5) is 0 Å². The molecule has 4 rings (SSSR count). The van der Waals surface area contributed by atoms with Gasteiger partial charge in [-0.05, 0) is 24.3 Å². The van der Waals surface area contributed by atoms with E-state index < -0.39 is 0 Å². The van der Waals surface area contributed by atoms with E-state index in [4.69, 9.17) is 8.83 Å². The van der Waals surface area contributed by atoms with E-state index in [-0.39, 0.29) is 18.2 Å². The first kappa shape index (κ1) is 17.9. The van der Waals surface area contributed by atoms with Crippen molar-refractivity contribution in [2.24, 2.45) is 0 Å². The molecule has 28 heavy (non-hydrogen) atoms. The minimum atomic E-state index is -0.147. The lowest BCUT2D eigenvalue weighted by Crippen LogP contribution is -2.50. The van der Waals surface area contributed by atoms with Gasteiger partial charge in [-0.1, -0.05) is 0 Å². The van der Waals surface area contributed by atoms with Crippen molar-refractivity contribution >= 4 is 11.8 Å². The Hall–Kier alpha value is -3.49. The fourth-order valence-electron chi connectivity index (χ4n) is 3.05. The van der Waals surface area contributed by atoms with Gasteiger partial charge in [0.05, 0.1) is 6.26 Å². The summed E-state index contributed by atoms with van der Waals surface area (Å²) in [5.74, 6) is 1.02. The second-order valence-electron chi connectivity index (χ2n) is 6.39. The summed E-state index contributed by atoms with van der Waals surface area (Å²) in [4.78, 5) is 32.1. The molecule has 0 unspecified atom stereocenters. The number of aryl methyl sites for hydroxylation is 1. The Bertz CT molecular complexity index is 930. The number of amides is 2. The van der Waals surface area contributed by atoms with E-state index in [2.05, 4.69) is 15.2 Å². The first-order chi connectivity index (χ1) is 13.7. The van der Waals surface area contributed by atoms with Gasteiger partial charge in [-0.25, -0.2) is 0 Å². The molecular weight excluding hydrogens is 362 g/mol. The summed E-state index contributed by atoms with van der Waals surface area (Å²) in [6.45, 7) is 1.96. The third-order valence-electron chi connectivity index (χ3n) is 4.60. The quantitative estimate of drug-likeness (QED) is 0.661. The topological polar surface area (TPSA) is 106 Å². The number of pyridine rings is 1. The van der Waals surface area contributed by atoms with Gasteiger partial charge in [-0.3, -0.25) is 14.6 Å². The molecule has 0 saturated carbocycles. The van der Waals surface area contributed by atoms with Gasteiger partial charge in [0.15, 0.2) is 5.76 Å². The molecule has 0 radical (unpaired) electrons. The molecule has 0 bridgehead atoms. The number of nitrogens with zero attached hydrogens (tertiary/aromatic N) is 5. The summed E-state index contributed by atoms with van der Waals surface area (Å²) >= 11 is 0.